The van der Waals surface area contributed by atoms with Crippen molar-refractivity contribution in [3.8, 4) is 0 Å². The molecule has 1 N–H and O–H groups in total. The Balaban J connectivity index is 3.13. The molecule has 0 aliphatic rings. The van der Waals surface area contributed by atoms with Crippen LogP contribution in [0, 0.1) is 0 Å². The van der Waals surface area contributed by atoms with Gasteiger partial charge in [-0.15, -0.1) is 0 Å². The van der Waals surface area contributed by atoms with E-state index in [4.69, 9.17) is 0 Å². The third kappa shape index (κ3) is 3.29. The Labute approximate surface area is 139 Å². The van der Waals surface area contributed by atoms with Gasteiger partial charge in [-0.3, -0.25) is 4.55 Å². The maximum absolute atomic E-state index is 12.2. The van der Waals surface area contributed by atoms with Crippen LogP contribution in [-0.2, 0) is 10.1 Å². The molecule has 23 heavy (non-hydrogen) atoms. The van der Waals surface area contributed by atoms with Crippen LogP contribution in [0.25, 0.3) is 10.8 Å². The number of rotatable bonds is 4. The molecule has 0 fully saturated rings. The molecule has 2 aromatic rings. The second-order valence-electron chi connectivity index (χ2n) is 7.09. The summed E-state index contributed by atoms with van der Waals surface area (Å²) in [6, 6.07) is 7.80. The van der Waals surface area contributed by atoms with Gasteiger partial charge in [-0.1, -0.05) is 65.8 Å². The highest BCUT2D eigenvalue weighted by Gasteiger charge is 2.26. The molecule has 0 unspecified atom stereocenters. The number of hydrogen-bond donors (Lipinski definition) is 1. The first kappa shape index (κ1) is 18.0. The predicted molar refractivity (Wildman–Crippen MR) is 96.0 cm³/mol. The van der Waals surface area contributed by atoms with E-state index < -0.39 is 10.1 Å². The number of hydrogen-bond acceptors (Lipinski definition) is 2. The van der Waals surface area contributed by atoms with Crippen molar-refractivity contribution in [2.75, 3.05) is 0 Å². The van der Waals surface area contributed by atoms with Gasteiger partial charge in [-0.25, -0.2) is 0 Å². The first-order chi connectivity index (χ1) is 10.6. The van der Waals surface area contributed by atoms with E-state index in [0.29, 0.717) is 5.39 Å². The van der Waals surface area contributed by atoms with Crippen molar-refractivity contribution in [1.29, 1.82) is 0 Å². The number of fused-ring (bicyclic) bond motifs is 1. The van der Waals surface area contributed by atoms with Gasteiger partial charge in [-0.2, -0.15) is 8.42 Å². The maximum atomic E-state index is 12.2. The van der Waals surface area contributed by atoms with E-state index in [1.807, 2.05) is 26.0 Å². The van der Waals surface area contributed by atoms with Crippen molar-refractivity contribution < 1.29 is 13.0 Å². The van der Waals surface area contributed by atoms with Crippen molar-refractivity contribution in [3.63, 3.8) is 0 Å². The highest BCUT2D eigenvalue weighted by atomic mass is 32.2. The molecule has 2 aromatic carbocycles. The van der Waals surface area contributed by atoms with E-state index in [1.54, 1.807) is 6.07 Å². The monoisotopic (exact) mass is 334 g/mol. The molecule has 0 radical (unpaired) electrons. The predicted octanol–water partition coefficient (Wildman–Crippen LogP) is 5.46. The van der Waals surface area contributed by atoms with Crippen LogP contribution in [0.4, 0.5) is 0 Å². The second kappa shape index (κ2) is 6.25. The number of benzene rings is 2. The lowest BCUT2D eigenvalue weighted by atomic mass is 9.85. The molecule has 0 aliphatic carbocycles. The summed E-state index contributed by atoms with van der Waals surface area (Å²) in [6.45, 7) is 12.2. The summed E-state index contributed by atoms with van der Waals surface area (Å²) in [5.41, 5.74) is 2.83. The Bertz CT molecular complexity index is 831. The highest BCUT2D eigenvalue weighted by molar-refractivity contribution is 7.86. The zero-order valence-corrected chi connectivity index (χ0v) is 15.5. The zero-order valence-electron chi connectivity index (χ0n) is 14.7. The van der Waals surface area contributed by atoms with Crippen molar-refractivity contribution >= 4 is 20.9 Å². The summed E-state index contributed by atoms with van der Waals surface area (Å²) in [5.74, 6) is 0.465. The van der Waals surface area contributed by atoms with E-state index in [-0.39, 0.29) is 22.6 Å². The van der Waals surface area contributed by atoms with Crippen molar-refractivity contribution in [1.82, 2.24) is 0 Å². The van der Waals surface area contributed by atoms with Gasteiger partial charge >= 0.3 is 0 Å². The van der Waals surface area contributed by atoms with Gasteiger partial charge in [0.1, 0.15) is 4.90 Å². The summed E-state index contributed by atoms with van der Waals surface area (Å²) in [6.07, 6.45) is 0. The Morgan fingerprint density at radius 3 is 1.83 bits per heavy atom. The molecule has 0 atom stereocenters. The minimum absolute atomic E-state index is 0.0106. The van der Waals surface area contributed by atoms with Crippen LogP contribution in [0.3, 0.4) is 0 Å². The fraction of sp³-hybridized carbons (Fsp3) is 0.474. The quantitative estimate of drug-likeness (QED) is 0.756. The first-order valence-corrected chi connectivity index (χ1v) is 9.56. The van der Waals surface area contributed by atoms with E-state index in [0.717, 1.165) is 22.1 Å². The van der Waals surface area contributed by atoms with Crippen molar-refractivity contribution in [3.05, 3.63) is 41.0 Å². The SMILES string of the molecule is CC(C)c1cc2c(C(C)C)cccc2c(S(=O)(=O)O)c1C(C)C. The van der Waals surface area contributed by atoms with Crippen LogP contribution in [0.15, 0.2) is 29.2 Å². The van der Waals surface area contributed by atoms with E-state index in [9.17, 15) is 13.0 Å². The Morgan fingerprint density at radius 2 is 1.39 bits per heavy atom. The van der Waals surface area contributed by atoms with Gasteiger partial charge < -0.3 is 0 Å². The summed E-state index contributed by atoms with van der Waals surface area (Å²) in [7, 11) is -4.30. The third-order valence-corrected chi connectivity index (χ3v) is 5.27. The van der Waals surface area contributed by atoms with Crippen LogP contribution in [0.1, 0.15) is 76.0 Å². The van der Waals surface area contributed by atoms with Gasteiger partial charge in [0.2, 0.25) is 0 Å². The molecule has 0 saturated carbocycles. The van der Waals surface area contributed by atoms with Gasteiger partial charge in [0.15, 0.2) is 0 Å². The van der Waals surface area contributed by atoms with Crippen LogP contribution in [0.5, 0.6) is 0 Å². The largest absolute Gasteiger partial charge is 0.295 e. The Morgan fingerprint density at radius 1 is 0.826 bits per heavy atom. The summed E-state index contributed by atoms with van der Waals surface area (Å²) >= 11 is 0. The fourth-order valence-electron chi connectivity index (χ4n) is 3.31. The molecular formula is C19H26O3S. The Hall–Kier alpha value is -1.39. The summed E-state index contributed by atoms with van der Waals surface area (Å²) in [5, 5.41) is 1.54. The molecule has 126 valence electrons. The van der Waals surface area contributed by atoms with Gasteiger partial charge in [0.25, 0.3) is 10.1 Å². The second-order valence-corrected chi connectivity index (χ2v) is 8.45. The molecule has 0 aliphatic heterocycles. The topological polar surface area (TPSA) is 54.4 Å². The standard InChI is InChI=1S/C19H26O3S/c1-11(2)14-8-7-9-15-17(14)10-16(12(3)4)18(13(5)6)19(15)23(20,21)22/h7-13H,1-6H3,(H,20,21,22). The highest BCUT2D eigenvalue weighted by Crippen LogP contribution is 2.39. The van der Waals surface area contributed by atoms with Crippen LogP contribution >= 0.6 is 0 Å². The lowest BCUT2D eigenvalue weighted by molar-refractivity contribution is 0.482. The molecular weight excluding hydrogens is 308 g/mol. The van der Waals surface area contributed by atoms with Gasteiger partial charge in [0.05, 0.1) is 0 Å². The van der Waals surface area contributed by atoms with E-state index in [2.05, 4.69) is 33.8 Å². The molecule has 0 saturated heterocycles. The minimum atomic E-state index is -4.30. The van der Waals surface area contributed by atoms with Crippen molar-refractivity contribution in [2.45, 2.75) is 64.2 Å². The maximum Gasteiger partial charge on any atom is 0.295 e. The smallest absolute Gasteiger partial charge is 0.282 e. The molecule has 4 heteroatoms. The average Bonchev–Trinajstić information content (AvgIpc) is 2.42. The molecule has 0 bridgehead atoms. The molecule has 0 spiro atoms. The summed E-state index contributed by atoms with van der Waals surface area (Å²) < 4.78 is 34.3. The molecule has 0 heterocycles. The fourth-order valence-corrected chi connectivity index (χ4v) is 4.39. The zero-order chi connectivity index (χ0) is 17.5. The average molecular weight is 334 g/mol. The lowest BCUT2D eigenvalue weighted by Gasteiger charge is -2.23. The molecule has 3 nitrogen and oxygen atoms in total. The summed E-state index contributed by atoms with van der Waals surface area (Å²) in [4.78, 5) is 0.0798. The third-order valence-electron chi connectivity index (χ3n) is 4.32. The first-order valence-electron chi connectivity index (χ1n) is 8.12. The van der Waals surface area contributed by atoms with Crippen LogP contribution < -0.4 is 0 Å². The van der Waals surface area contributed by atoms with Crippen LogP contribution in [0.2, 0.25) is 0 Å². The van der Waals surface area contributed by atoms with E-state index >= 15 is 0 Å². The lowest BCUT2D eigenvalue weighted by Crippen LogP contribution is -2.10. The molecule has 0 amide bonds. The van der Waals surface area contributed by atoms with Gasteiger partial charge in [0, 0.05) is 5.39 Å². The van der Waals surface area contributed by atoms with Crippen molar-refractivity contribution in [2.24, 2.45) is 0 Å². The molecule has 0 aromatic heterocycles. The van der Waals surface area contributed by atoms with Crippen LogP contribution in [-0.4, -0.2) is 13.0 Å². The van der Waals surface area contributed by atoms with Gasteiger partial charge in [-0.05, 0) is 39.8 Å². The van der Waals surface area contributed by atoms with E-state index in [1.165, 1.54) is 0 Å². The normalized spacial score (nSPS) is 12.8. The molecule has 2 rings (SSSR count). The minimum Gasteiger partial charge on any atom is -0.282 e. The Kier molecular flexibility index (Phi) is 4.88.